The van der Waals surface area contributed by atoms with Gasteiger partial charge in [0, 0.05) is 0 Å². The summed E-state index contributed by atoms with van der Waals surface area (Å²) in [5.74, 6) is 1.46. The molecular formula is C22H29NO3. The van der Waals surface area contributed by atoms with E-state index in [1.54, 1.807) is 6.92 Å². The molecule has 1 atom stereocenters. The Morgan fingerprint density at radius 2 is 1.65 bits per heavy atom. The van der Waals surface area contributed by atoms with Crippen LogP contribution in [-0.2, 0) is 4.79 Å². The molecule has 0 spiro atoms. The Bertz CT molecular complexity index is 783. The van der Waals surface area contributed by atoms with Crippen LogP contribution in [0.25, 0.3) is 0 Å². The second-order valence-corrected chi connectivity index (χ2v) is 6.87. The largest absolute Gasteiger partial charge is 0.491 e. The van der Waals surface area contributed by atoms with Crippen LogP contribution in [0.5, 0.6) is 11.5 Å². The Labute approximate surface area is 156 Å². The Morgan fingerprint density at radius 3 is 2.35 bits per heavy atom. The molecule has 0 unspecified atom stereocenters. The minimum Gasteiger partial charge on any atom is -0.491 e. The van der Waals surface area contributed by atoms with Gasteiger partial charge in [-0.05, 0) is 75.9 Å². The highest BCUT2D eigenvalue weighted by Gasteiger charge is 2.16. The average molecular weight is 355 g/mol. The molecule has 0 bridgehead atoms. The van der Waals surface area contributed by atoms with Crippen LogP contribution in [0, 0.1) is 34.6 Å². The van der Waals surface area contributed by atoms with Crippen molar-refractivity contribution in [3.63, 3.8) is 0 Å². The summed E-state index contributed by atoms with van der Waals surface area (Å²) in [4.78, 5) is 12.3. The molecule has 0 radical (unpaired) electrons. The maximum absolute atomic E-state index is 12.3. The molecule has 0 heterocycles. The molecule has 0 saturated carbocycles. The maximum atomic E-state index is 12.3. The summed E-state index contributed by atoms with van der Waals surface area (Å²) in [6, 6.07) is 10.1. The van der Waals surface area contributed by atoms with E-state index in [-0.39, 0.29) is 5.91 Å². The van der Waals surface area contributed by atoms with Crippen LogP contribution in [0.15, 0.2) is 30.3 Å². The van der Waals surface area contributed by atoms with Crippen molar-refractivity contribution in [1.29, 1.82) is 0 Å². The zero-order valence-corrected chi connectivity index (χ0v) is 16.6. The van der Waals surface area contributed by atoms with Crippen LogP contribution in [0.4, 0.5) is 0 Å². The minimum absolute atomic E-state index is 0.146. The molecule has 1 amide bonds. The Balaban J connectivity index is 1.82. The lowest BCUT2D eigenvalue weighted by Gasteiger charge is -2.18. The number of amides is 1. The van der Waals surface area contributed by atoms with Gasteiger partial charge in [0.1, 0.15) is 18.1 Å². The number of nitrogens with one attached hydrogen (secondary N) is 1. The van der Waals surface area contributed by atoms with E-state index < -0.39 is 6.10 Å². The van der Waals surface area contributed by atoms with Crippen LogP contribution in [-0.4, -0.2) is 25.2 Å². The summed E-state index contributed by atoms with van der Waals surface area (Å²) in [5, 5.41) is 2.86. The number of ether oxygens (including phenoxy) is 2. The van der Waals surface area contributed by atoms with E-state index >= 15 is 0 Å². The van der Waals surface area contributed by atoms with Gasteiger partial charge in [-0.25, -0.2) is 0 Å². The van der Waals surface area contributed by atoms with E-state index in [1.807, 2.05) is 45.9 Å². The first-order valence-electron chi connectivity index (χ1n) is 9.00. The summed E-state index contributed by atoms with van der Waals surface area (Å²) in [6.45, 7) is 12.8. The molecule has 0 aliphatic rings. The first kappa shape index (κ1) is 19.8. The van der Waals surface area contributed by atoms with Crippen LogP contribution >= 0.6 is 0 Å². The summed E-state index contributed by atoms with van der Waals surface area (Å²) in [6.07, 6.45) is -0.559. The summed E-state index contributed by atoms with van der Waals surface area (Å²) in [7, 11) is 0. The molecule has 140 valence electrons. The monoisotopic (exact) mass is 355 g/mol. The zero-order valence-electron chi connectivity index (χ0n) is 16.6. The number of hydrogen-bond acceptors (Lipinski definition) is 3. The number of benzene rings is 2. The third-order valence-corrected chi connectivity index (χ3v) is 4.43. The third-order valence-electron chi connectivity index (χ3n) is 4.43. The lowest BCUT2D eigenvalue weighted by Crippen LogP contribution is -2.38. The number of carbonyl (C=O) groups excluding carboxylic acids is 1. The van der Waals surface area contributed by atoms with Crippen LogP contribution in [0.2, 0.25) is 0 Å². The fourth-order valence-corrected chi connectivity index (χ4v) is 2.81. The Morgan fingerprint density at radius 1 is 0.962 bits per heavy atom. The lowest BCUT2D eigenvalue weighted by atomic mass is 10.1. The van der Waals surface area contributed by atoms with Crippen molar-refractivity contribution in [3.8, 4) is 11.5 Å². The van der Waals surface area contributed by atoms with Gasteiger partial charge in [0.15, 0.2) is 6.10 Å². The fraction of sp³-hybridized carbons (Fsp3) is 0.409. The van der Waals surface area contributed by atoms with Gasteiger partial charge in [-0.1, -0.05) is 23.8 Å². The topological polar surface area (TPSA) is 47.6 Å². The van der Waals surface area contributed by atoms with E-state index in [1.165, 1.54) is 5.56 Å². The molecule has 2 aromatic carbocycles. The van der Waals surface area contributed by atoms with Crippen molar-refractivity contribution in [3.05, 3.63) is 58.1 Å². The summed E-state index contributed by atoms with van der Waals surface area (Å²) >= 11 is 0. The fourth-order valence-electron chi connectivity index (χ4n) is 2.81. The number of aryl methyl sites for hydroxylation is 4. The van der Waals surface area contributed by atoms with Crippen LogP contribution < -0.4 is 14.8 Å². The molecule has 2 aromatic rings. The molecule has 1 N–H and O–H groups in total. The van der Waals surface area contributed by atoms with Gasteiger partial charge in [-0.2, -0.15) is 0 Å². The van der Waals surface area contributed by atoms with E-state index in [4.69, 9.17) is 9.47 Å². The van der Waals surface area contributed by atoms with E-state index in [2.05, 4.69) is 24.4 Å². The minimum atomic E-state index is -0.559. The van der Waals surface area contributed by atoms with Crippen molar-refractivity contribution in [2.24, 2.45) is 0 Å². The van der Waals surface area contributed by atoms with E-state index in [9.17, 15) is 4.79 Å². The van der Waals surface area contributed by atoms with Gasteiger partial charge < -0.3 is 14.8 Å². The molecule has 2 rings (SSSR count). The van der Waals surface area contributed by atoms with Crippen molar-refractivity contribution in [2.75, 3.05) is 13.2 Å². The predicted molar refractivity (Wildman–Crippen MR) is 105 cm³/mol. The summed E-state index contributed by atoms with van der Waals surface area (Å²) < 4.78 is 11.6. The van der Waals surface area contributed by atoms with Crippen molar-refractivity contribution in [2.45, 2.75) is 47.6 Å². The number of rotatable bonds is 7. The quantitative estimate of drug-likeness (QED) is 0.758. The number of hydrogen-bond donors (Lipinski definition) is 1. The molecule has 0 aliphatic carbocycles. The van der Waals surface area contributed by atoms with Crippen molar-refractivity contribution in [1.82, 2.24) is 5.32 Å². The smallest absolute Gasteiger partial charge is 0.260 e. The molecule has 4 heteroatoms. The Kier molecular flexibility index (Phi) is 6.67. The second kappa shape index (κ2) is 8.75. The van der Waals surface area contributed by atoms with Crippen LogP contribution in [0.1, 0.15) is 34.7 Å². The number of carbonyl (C=O) groups is 1. The zero-order chi connectivity index (χ0) is 19.3. The molecule has 0 fully saturated rings. The first-order valence-corrected chi connectivity index (χ1v) is 9.00. The van der Waals surface area contributed by atoms with Gasteiger partial charge in [-0.3, -0.25) is 4.79 Å². The lowest BCUT2D eigenvalue weighted by molar-refractivity contribution is -0.127. The van der Waals surface area contributed by atoms with Crippen molar-refractivity contribution >= 4 is 5.91 Å². The SMILES string of the molecule is Cc1ccc(OCCNC(=O)[C@@H](C)Oc2cc(C)cc(C)c2C)c(C)c1. The van der Waals surface area contributed by atoms with Gasteiger partial charge in [-0.15, -0.1) is 0 Å². The van der Waals surface area contributed by atoms with Gasteiger partial charge in [0.05, 0.1) is 6.54 Å². The van der Waals surface area contributed by atoms with E-state index in [0.29, 0.717) is 13.2 Å². The maximum Gasteiger partial charge on any atom is 0.260 e. The standard InChI is InChI=1S/C22H29NO3/c1-14-7-8-20(17(4)11-14)25-10-9-23-22(24)19(6)26-21-13-15(2)12-16(3)18(21)5/h7-8,11-13,19H,9-10H2,1-6H3,(H,23,24)/t19-/m1/s1. The summed E-state index contributed by atoms with van der Waals surface area (Å²) in [5.41, 5.74) is 5.65. The molecule has 0 saturated heterocycles. The Hall–Kier alpha value is -2.49. The van der Waals surface area contributed by atoms with Gasteiger partial charge in [0.2, 0.25) is 0 Å². The first-order chi connectivity index (χ1) is 12.3. The molecule has 0 aliphatic heterocycles. The van der Waals surface area contributed by atoms with Crippen molar-refractivity contribution < 1.29 is 14.3 Å². The normalized spacial score (nSPS) is 11.8. The van der Waals surface area contributed by atoms with Crippen LogP contribution in [0.3, 0.4) is 0 Å². The molecule has 4 nitrogen and oxygen atoms in total. The van der Waals surface area contributed by atoms with E-state index in [0.717, 1.165) is 33.8 Å². The highest BCUT2D eigenvalue weighted by atomic mass is 16.5. The highest BCUT2D eigenvalue weighted by Crippen LogP contribution is 2.24. The van der Waals surface area contributed by atoms with Gasteiger partial charge in [0.25, 0.3) is 5.91 Å². The molecule has 26 heavy (non-hydrogen) atoms. The van der Waals surface area contributed by atoms with Gasteiger partial charge >= 0.3 is 0 Å². The second-order valence-electron chi connectivity index (χ2n) is 6.87. The molecule has 0 aromatic heterocycles. The molecular weight excluding hydrogens is 326 g/mol. The predicted octanol–water partition coefficient (Wildman–Crippen LogP) is 4.19. The third kappa shape index (κ3) is 5.25. The highest BCUT2D eigenvalue weighted by molar-refractivity contribution is 5.80. The average Bonchev–Trinajstić information content (AvgIpc) is 2.57.